The maximum atomic E-state index is 10.4. The predicted octanol–water partition coefficient (Wildman–Crippen LogP) is 0.951. The van der Waals surface area contributed by atoms with Crippen LogP contribution in [0.2, 0.25) is 0 Å². The Balaban J connectivity index is 1.94. The van der Waals surface area contributed by atoms with Crippen LogP contribution in [-0.2, 0) is 11.3 Å². The third-order valence-electron chi connectivity index (χ3n) is 2.32. The van der Waals surface area contributed by atoms with E-state index in [0.29, 0.717) is 13.0 Å². The van der Waals surface area contributed by atoms with Crippen LogP contribution in [0.5, 0.6) is 0 Å². The lowest BCUT2D eigenvalue weighted by Crippen LogP contribution is -2.30. The Morgan fingerprint density at radius 2 is 2.38 bits per heavy atom. The molecule has 90 valence electrons. The van der Waals surface area contributed by atoms with Crippen LogP contribution in [0.4, 0.5) is 0 Å². The number of nitrogens with one attached hydrogen (secondary N) is 1. The third-order valence-corrected chi connectivity index (χ3v) is 2.32. The first-order valence-electron chi connectivity index (χ1n) is 5.41. The maximum Gasteiger partial charge on any atom is 0.320 e. The lowest BCUT2D eigenvalue weighted by molar-refractivity contribution is -0.138. The molecule has 0 fully saturated rings. The molecule has 1 rings (SSSR count). The number of nitrogens with two attached hydrogens (primary N) is 1. The number of aliphatic carboxylic acids is 1. The molecule has 0 saturated carbocycles. The van der Waals surface area contributed by atoms with Crippen LogP contribution in [0.15, 0.2) is 22.8 Å². The second-order valence-corrected chi connectivity index (χ2v) is 3.70. The Hall–Kier alpha value is -1.33. The minimum Gasteiger partial charge on any atom is -0.480 e. The molecular weight excluding hydrogens is 208 g/mol. The second kappa shape index (κ2) is 7.03. The number of unbranched alkanes of at least 4 members (excludes halogenated alkanes) is 1. The fourth-order valence-electron chi connectivity index (χ4n) is 1.36. The number of furan rings is 1. The van der Waals surface area contributed by atoms with Crippen molar-refractivity contribution in [1.82, 2.24) is 5.32 Å². The molecule has 16 heavy (non-hydrogen) atoms. The molecule has 1 atom stereocenters. The van der Waals surface area contributed by atoms with Gasteiger partial charge in [0.25, 0.3) is 0 Å². The Kier molecular flexibility index (Phi) is 5.60. The van der Waals surface area contributed by atoms with Gasteiger partial charge in [0.1, 0.15) is 11.8 Å². The van der Waals surface area contributed by atoms with Crippen molar-refractivity contribution in [2.75, 3.05) is 6.54 Å². The Labute approximate surface area is 94.6 Å². The van der Waals surface area contributed by atoms with E-state index in [-0.39, 0.29) is 0 Å². The van der Waals surface area contributed by atoms with Crippen LogP contribution < -0.4 is 11.1 Å². The summed E-state index contributed by atoms with van der Waals surface area (Å²) in [7, 11) is 0. The van der Waals surface area contributed by atoms with Gasteiger partial charge in [0.05, 0.1) is 12.8 Å². The topological polar surface area (TPSA) is 88.5 Å². The standard InChI is InChI=1S/C11H18N2O3/c12-10(11(14)15)5-1-2-6-13-8-9-4-3-7-16-9/h3-4,7,10,13H,1-2,5-6,8,12H2,(H,14,15)/t10-/m0/s1. The van der Waals surface area contributed by atoms with Gasteiger partial charge in [-0.15, -0.1) is 0 Å². The smallest absolute Gasteiger partial charge is 0.320 e. The molecule has 1 heterocycles. The average molecular weight is 226 g/mol. The highest BCUT2D eigenvalue weighted by atomic mass is 16.4. The van der Waals surface area contributed by atoms with Crippen molar-refractivity contribution in [1.29, 1.82) is 0 Å². The molecular formula is C11H18N2O3. The molecule has 0 unspecified atom stereocenters. The van der Waals surface area contributed by atoms with Gasteiger partial charge < -0.3 is 20.6 Å². The summed E-state index contributed by atoms with van der Waals surface area (Å²) in [6, 6.07) is 3.03. The van der Waals surface area contributed by atoms with Gasteiger partial charge in [-0.25, -0.2) is 0 Å². The summed E-state index contributed by atoms with van der Waals surface area (Å²) in [4.78, 5) is 10.4. The number of carbonyl (C=O) groups is 1. The molecule has 0 aliphatic carbocycles. The van der Waals surface area contributed by atoms with Gasteiger partial charge in [0.2, 0.25) is 0 Å². The van der Waals surface area contributed by atoms with Crippen molar-refractivity contribution in [3.8, 4) is 0 Å². The summed E-state index contributed by atoms with van der Waals surface area (Å²) in [5.74, 6) is -0.0224. The number of hydrogen-bond donors (Lipinski definition) is 3. The average Bonchev–Trinajstić information content (AvgIpc) is 2.75. The minimum absolute atomic E-state index is 0.526. The molecule has 4 N–H and O–H groups in total. The summed E-state index contributed by atoms with van der Waals surface area (Å²) in [6.45, 7) is 1.55. The molecule has 1 aromatic heterocycles. The van der Waals surface area contributed by atoms with E-state index in [2.05, 4.69) is 5.32 Å². The normalized spacial score (nSPS) is 12.6. The highest BCUT2D eigenvalue weighted by Gasteiger charge is 2.09. The highest BCUT2D eigenvalue weighted by Crippen LogP contribution is 2.00. The predicted molar refractivity (Wildman–Crippen MR) is 59.9 cm³/mol. The Morgan fingerprint density at radius 3 is 3.00 bits per heavy atom. The van der Waals surface area contributed by atoms with Gasteiger partial charge >= 0.3 is 5.97 Å². The largest absolute Gasteiger partial charge is 0.480 e. The monoisotopic (exact) mass is 226 g/mol. The zero-order chi connectivity index (χ0) is 11.8. The molecule has 0 bridgehead atoms. The molecule has 0 saturated heterocycles. The van der Waals surface area contributed by atoms with Crippen LogP contribution in [0.25, 0.3) is 0 Å². The highest BCUT2D eigenvalue weighted by molar-refractivity contribution is 5.72. The molecule has 0 spiro atoms. The first-order chi connectivity index (χ1) is 7.70. The molecule has 5 heteroatoms. The summed E-state index contributed by atoms with van der Waals surface area (Å²) in [5, 5.41) is 11.8. The molecule has 1 aromatic rings. The van der Waals surface area contributed by atoms with E-state index in [9.17, 15) is 4.79 Å². The first kappa shape index (κ1) is 12.7. The second-order valence-electron chi connectivity index (χ2n) is 3.70. The van der Waals surface area contributed by atoms with Crippen LogP contribution in [-0.4, -0.2) is 23.7 Å². The van der Waals surface area contributed by atoms with Crippen molar-refractivity contribution in [3.05, 3.63) is 24.2 Å². The van der Waals surface area contributed by atoms with Gasteiger partial charge in [0.15, 0.2) is 0 Å². The van der Waals surface area contributed by atoms with Gasteiger partial charge in [0, 0.05) is 0 Å². The summed E-state index contributed by atoms with van der Waals surface area (Å²) in [5.41, 5.74) is 5.37. The molecule has 0 aliphatic heterocycles. The van der Waals surface area contributed by atoms with Crippen molar-refractivity contribution in [2.45, 2.75) is 31.8 Å². The van der Waals surface area contributed by atoms with Crippen molar-refractivity contribution >= 4 is 5.97 Å². The lowest BCUT2D eigenvalue weighted by atomic mass is 10.1. The fraction of sp³-hybridized carbons (Fsp3) is 0.545. The van der Waals surface area contributed by atoms with Crippen LogP contribution in [0, 0.1) is 0 Å². The summed E-state index contributed by atoms with van der Waals surface area (Å²) in [6.07, 6.45) is 3.90. The van der Waals surface area contributed by atoms with Crippen molar-refractivity contribution in [3.63, 3.8) is 0 Å². The summed E-state index contributed by atoms with van der Waals surface area (Å²) >= 11 is 0. The lowest BCUT2D eigenvalue weighted by Gasteiger charge is -2.06. The van der Waals surface area contributed by atoms with E-state index < -0.39 is 12.0 Å². The minimum atomic E-state index is -0.927. The van der Waals surface area contributed by atoms with Crippen molar-refractivity contribution in [2.24, 2.45) is 5.73 Å². The zero-order valence-corrected chi connectivity index (χ0v) is 9.19. The Bertz CT molecular complexity index is 298. The molecule has 0 aromatic carbocycles. The van der Waals surface area contributed by atoms with Gasteiger partial charge in [-0.2, -0.15) is 0 Å². The number of carboxylic acid groups (broad SMARTS) is 1. The van der Waals surface area contributed by atoms with Crippen molar-refractivity contribution < 1.29 is 14.3 Å². The van der Waals surface area contributed by atoms with Crippen LogP contribution in [0.1, 0.15) is 25.0 Å². The molecule has 0 amide bonds. The third kappa shape index (κ3) is 4.95. The quantitative estimate of drug-likeness (QED) is 0.574. The fourth-order valence-corrected chi connectivity index (χ4v) is 1.36. The van der Waals surface area contributed by atoms with Gasteiger partial charge in [-0.3, -0.25) is 4.79 Å². The van der Waals surface area contributed by atoms with Crippen LogP contribution in [0.3, 0.4) is 0 Å². The maximum absolute atomic E-state index is 10.4. The van der Waals surface area contributed by atoms with E-state index in [4.69, 9.17) is 15.3 Å². The molecule has 0 radical (unpaired) electrons. The van der Waals surface area contributed by atoms with Crippen LogP contribution >= 0.6 is 0 Å². The van der Waals surface area contributed by atoms with E-state index in [1.807, 2.05) is 12.1 Å². The number of carboxylic acids is 1. The van der Waals surface area contributed by atoms with E-state index in [1.54, 1.807) is 6.26 Å². The number of hydrogen-bond acceptors (Lipinski definition) is 4. The molecule has 5 nitrogen and oxygen atoms in total. The summed E-state index contributed by atoms with van der Waals surface area (Å²) < 4.78 is 5.15. The molecule has 0 aliphatic rings. The zero-order valence-electron chi connectivity index (χ0n) is 9.19. The van der Waals surface area contributed by atoms with E-state index in [1.165, 1.54) is 0 Å². The SMILES string of the molecule is N[C@@H](CCCCNCc1ccco1)C(=O)O. The first-order valence-corrected chi connectivity index (χ1v) is 5.41. The van der Waals surface area contributed by atoms with E-state index >= 15 is 0 Å². The van der Waals surface area contributed by atoms with Gasteiger partial charge in [-0.1, -0.05) is 6.42 Å². The van der Waals surface area contributed by atoms with E-state index in [0.717, 1.165) is 25.1 Å². The van der Waals surface area contributed by atoms with Gasteiger partial charge in [-0.05, 0) is 31.5 Å². The Morgan fingerprint density at radius 1 is 1.56 bits per heavy atom. The number of rotatable bonds is 8.